The normalized spacial score (nSPS) is 12.7. The van der Waals surface area contributed by atoms with E-state index in [1.165, 1.54) is 18.1 Å². The zero-order valence-electron chi connectivity index (χ0n) is 16.7. The quantitative estimate of drug-likeness (QED) is 0.339. The molecule has 4 aromatic rings. The molecule has 0 spiro atoms. The number of carbonyl (C=O) groups excluding carboxylic acids is 1. The van der Waals surface area contributed by atoms with Gasteiger partial charge in [-0.3, -0.25) is 4.79 Å². The minimum absolute atomic E-state index is 0.157. The van der Waals surface area contributed by atoms with Gasteiger partial charge in [-0.05, 0) is 29.8 Å². The van der Waals surface area contributed by atoms with Gasteiger partial charge in [0.1, 0.15) is 24.6 Å². The van der Waals surface area contributed by atoms with E-state index in [9.17, 15) is 4.79 Å². The summed E-state index contributed by atoms with van der Waals surface area (Å²) in [6.07, 6.45) is 1.45. The van der Waals surface area contributed by atoms with Crippen molar-refractivity contribution in [3.63, 3.8) is 0 Å². The van der Waals surface area contributed by atoms with Crippen LogP contribution in [0.3, 0.4) is 0 Å². The van der Waals surface area contributed by atoms with Gasteiger partial charge in [0.15, 0.2) is 22.7 Å². The molecule has 5 rings (SSSR count). The second kappa shape index (κ2) is 9.01. The van der Waals surface area contributed by atoms with E-state index < -0.39 is 0 Å². The number of rotatable bonds is 6. The van der Waals surface area contributed by atoms with Crippen LogP contribution in [0.15, 0.2) is 53.8 Å². The predicted molar refractivity (Wildman–Crippen MR) is 120 cm³/mol. The molecule has 1 aliphatic rings. The first-order valence-corrected chi connectivity index (χ1v) is 11.1. The van der Waals surface area contributed by atoms with Crippen LogP contribution in [-0.2, 0) is 11.3 Å². The van der Waals surface area contributed by atoms with Gasteiger partial charge >= 0.3 is 0 Å². The smallest absolute Gasteiger partial charge is 0.234 e. The Balaban J connectivity index is 1.25. The van der Waals surface area contributed by atoms with E-state index >= 15 is 0 Å². The molecule has 0 radical (unpaired) electrons. The Labute approximate surface area is 192 Å². The number of amides is 1. The van der Waals surface area contributed by atoms with Crippen LogP contribution in [0.1, 0.15) is 5.56 Å². The molecule has 162 valence electrons. The number of anilines is 1. The van der Waals surface area contributed by atoms with Crippen LogP contribution in [0.4, 0.5) is 5.69 Å². The molecular weight excluding hydrogens is 452 g/mol. The summed E-state index contributed by atoms with van der Waals surface area (Å²) in [6.45, 7) is 1.51. The zero-order valence-corrected chi connectivity index (χ0v) is 18.3. The highest BCUT2D eigenvalue weighted by atomic mass is 35.5. The van der Waals surface area contributed by atoms with Gasteiger partial charge in [-0.2, -0.15) is 0 Å². The molecule has 0 bridgehead atoms. The first-order chi connectivity index (χ1) is 15.7. The van der Waals surface area contributed by atoms with E-state index in [1.807, 2.05) is 24.3 Å². The standard InChI is InChI=1S/C21H17ClN6O3S/c22-14-3-1-13(2-4-14)10-28-20-19(26-27-28)21(24-12-23-20)32-11-18(29)25-15-5-6-16-17(9-15)31-8-7-30-16/h1-6,9,12H,7-8,10-11H2,(H,25,29). The van der Waals surface area contributed by atoms with Crippen LogP contribution in [0.2, 0.25) is 5.02 Å². The molecule has 0 saturated heterocycles. The van der Waals surface area contributed by atoms with Crippen molar-refractivity contribution in [2.24, 2.45) is 0 Å². The number of nitrogens with one attached hydrogen (secondary N) is 1. The van der Waals surface area contributed by atoms with E-state index in [0.717, 1.165) is 5.56 Å². The van der Waals surface area contributed by atoms with E-state index in [1.54, 1.807) is 22.9 Å². The highest BCUT2D eigenvalue weighted by Crippen LogP contribution is 2.32. The Morgan fingerprint density at radius 1 is 1.09 bits per heavy atom. The van der Waals surface area contributed by atoms with Crippen molar-refractivity contribution in [1.82, 2.24) is 25.0 Å². The molecule has 2 aromatic heterocycles. The lowest BCUT2D eigenvalue weighted by Crippen LogP contribution is -2.17. The predicted octanol–water partition coefficient (Wildman–Crippen LogP) is 3.43. The molecule has 0 unspecified atom stereocenters. The summed E-state index contributed by atoms with van der Waals surface area (Å²) < 4.78 is 12.7. The van der Waals surface area contributed by atoms with E-state index in [2.05, 4.69) is 25.6 Å². The second-order valence-corrected chi connectivity index (χ2v) is 8.32. The number of halogens is 1. The van der Waals surface area contributed by atoms with Gasteiger partial charge in [0.2, 0.25) is 5.91 Å². The molecule has 9 nitrogen and oxygen atoms in total. The van der Waals surface area contributed by atoms with Gasteiger partial charge < -0.3 is 14.8 Å². The van der Waals surface area contributed by atoms with Crippen molar-refractivity contribution >= 4 is 46.1 Å². The molecule has 0 saturated carbocycles. The monoisotopic (exact) mass is 468 g/mol. The summed E-state index contributed by atoms with van der Waals surface area (Å²) in [5.74, 6) is 1.28. The van der Waals surface area contributed by atoms with Gasteiger partial charge in [0.25, 0.3) is 0 Å². The number of nitrogens with zero attached hydrogens (tertiary/aromatic N) is 5. The van der Waals surface area contributed by atoms with E-state index in [4.69, 9.17) is 21.1 Å². The number of benzene rings is 2. The molecule has 1 N–H and O–H groups in total. The van der Waals surface area contributed by atoms with Crippen LogP contribution in [-0.4, -0.2) is 49.8 Å². The zero-order chi connectivity index (χ0) is 21.9. The van der Waals surface area contributed by atoms with Crippen molar-refractivity contribution in [1.29, 1.82) is 0 Å². The third-order valence-corrected chi connectivity index (χ3v) is 5.91. The Bertz CT molecular complexity index is 1280. The summed E-state index contributed by atoms with van der Waals surface area (Å²) in [5.41, 5.74) is 2.82. The first-order valence-electron chi connectivity index (χ1n) is 9.77. The number of hydrogen-bond donors (Lipinski definition) is 1. The molecule has 1 amide bonds. The Kier molecular flexibility index (Phi) is 5.78. The van der Waals surface area contributed by atoms with Crippen LogP contribution >= 0.6 is 23.4 Å². The molecule has 0 atom stereocenters. The summed E-state index contributed by atoms with van der Waals surface area (Å²) in [6, 6.07) is 12.8. The largest absolute Gasteiger partial charge is 0.486 e. The lowest BCUT2D eigenvalue weighted by Gasteiger charge is -2.18. The topological polar surface area (TPSA) is 104 Å². The lowest BCUT2D eigenvalue weighted by molar-refractivity contribution is -0.113. The average molecular weight is 469 g/mol. The van der Waals surface area contributed by atoms with Crippen LogP contribution in [0.25, 0.3) is 11.2 Å². The third-order valence-electron chi connectivity index (χ3n) is 4.68. The lowest BCUT2D eigenvalue weighted by atomic mass is 10.2. The average Bonchev–Trinajstić information content (AvgIpc) is 3.22. The number of thioether (sulfide) groups is 1. The number of ether oxygens (including phenoxy) is 2. The summed E-state index contributed by atoms with van der Waals surface area (Å²) in [4.78, 5) is 21.1. The summed E-state index contributed by atoms with van der Waals surface area (Å²) in [7, 11) is 0. The van der Waals surface area contributed by atoms with Crippen molar-refractivity contribution < 1.29 is 14.3 Å². The fourth-order valence-corrected chi connectivity index (χ4v) is 4.05. The SMILES string of the molecule is O=C(CSc1ncnc2c1nnn2Cc1ccc(Cl)cc1)Nc1ccc2c(c1)OCCO2. The number of carbonyl (C=O) groups is 1. The number of fused-ring (bicyclic) bond motifs is 2. The maximum atomic E-state index is 12.5. The second-order valence-electron chi connectivity index (χ2n) is 6.92. The summed E-state index contributed by atoms with van der Waals surface area (Å²) >= 11 is 7.22. The van der Waals surface area contributed by atoms with Gasteiger partial charge in [0.05, 0.1) is 12.3 Å². The molecular formula is C21H17ClN6O3S. The van der Waals surface area contributed by atoms with Crippen molar-refractivity contribution in [3.05, 3.63) is 59.4 Å². The highest BCUT2D eigenvalue weighted by Gasteiger charge is 2.16. The fourth-order valence-electron chi connectivity index (χ4n) is 3.20. The fraction of sp³-hybridized carbons (Fsp3) is 0.190. The number of aromatic nitrogens is 5. The Hall–Kier alpha value is -3.37. The maximum absolute atomic E-state index is 12.5. The molecule has 32 heavy (non-hydrogen) atoms. The van der Waals surface area contributed by atoms with Crippen molar-refractivity contribution in [2.75, 3.05) is 24.3 Å². The van der Waals surface area contributed by atoms with Crippen molar-refractivity contribution in [3.8, 4) is 11.5 Å². The van der Waals surface area contributed by atoms with Gasteiger partial charge in [-0.15, -0.1) is 5.10 Å². The molecule has 2 aromatic carbocycles. The maximum Gasteiger partial charge on any atom is 0.234 e. The molecule has 1 aliphatic heterocycles. The van der Waals surface area contributed by atoms with E-state index in [-0.39, 0.29) is 11.7 Å². The minimum Gasteiger partial charge on any atom is -0.486 e. The van der Waals surface area contributed by atoms with Gasteiger partial charge in [0, 0.05) is 16.8 Å². The van der Waals surface area contributed by atoms with Gasteiger partial charge in [-0.1, -0.05) is 40.7 Å². The minimum atomic E-state index is -0.174. The Morgan fingerprint density at radius 2 is 1.91 bits per heavy atom. The third kappa shape index (κ3) is 4.46. The Morgan fingerprint density at radius 3 is 2.75 bits per heavy atom. The summed E-state index contributed by atoms with van der Waals surface area (Å²) in [5, 5.41) is 12.6. The molecule has 0 fully saturated rings. The molecule has 0 aliphatic carbocycles. The van der Waals surface area contributed by atoms with E-state index in [0.29, 0.717) is 58.2 Å². The van der Waals surface area contributed by atoms with Crippen molar-refractivity contribution in [2.45, 2.75) is 11.6 Å². The van der Waals surface area contributed by atoms with Crippen LogP contribution < -0.4 is 14.8 Å². The molecule has 3 heterocycles. The molecule has 11 heteroatoms. The van der Waals surface area contributed by atoms with Crippen LogP contribution in [0, 0.1) is 0 Å². The highest BCUT2D eigenvalue weighted by molar-refractivity contribution is 8.00. The van der Waals surface area contributed by atoms with Crippen LogP contribution in [0.5, 0.6) is 11.5 Å². The number of hydrogen-bond acceptors (Lipinski definition) is 8. The van der Waals surface area contributed by atoms with Gasteiger partial charge in [-0.25, -0.2) is 14.6 Å². The first kappa shape index (κ1) is 20.5.